The number of pyridine rings is 2. The molecule has 0 radical (unpaired) electrons. The molecule has 0 unspecified atom stereocenters. The number of anilines is 1. The number of carbonyl (C=O) groups is 1. The van der Waals surface area contributed by atoms with E-state index in [1.54, 1.807) is 18.5 Å². The van der Waals surface area contributed by atoms with Crippen molar-refractivity contribution in [1.82, 2.24) is 30.4 Å². The maximum Gasteiger partial charge on any atom is 0.402 e. The van der Waals surface area contributed by atoms with Crippen LogP contribution in [0.3, 0.4) is 0 Å². The zero-order valence-corrected chi connectivity index (χ0v) is 18.3. The predicted molar refractivity (Wildman–Crippen MR) is 115 cm³/mol. The number of amides is 2. The molecule has 0 aliphatic rings. The molecule has 0 aromatic carbocycles. The molecule has 4 aromatic rings. The van der Waals surface area contributed by atoms with Crippen LogP contribution in [0.15, 0.2) is 41.2 Å². The zero-order chi connectivity index (χ0) is 23.6. The molecular formula is C20H18F3N7O2S. The monoisotopic (exact) mass is 477 g/mol. The van der Waals surface area contributed by atoms with Gasteiger partial charge in [0.25, 0.3) is 0 Å². The minimum Gasteiger partial charge on any atom is -0.338 e. The molecule has 0 spiro atoms. The number of nitrogens with zero attached hydrogens (tertiary/aromatic N) is 5. The molecule has 0 saturated heterocycles. The summed E-state index contributed by atoms with van der Waals surface area (Å²) in [6.45, 7) is 2.01. The van der Waals surface area contributed by atoms with Crippen molar-refractivity contribution in [3.05, 3.63) is 48.4 Å². The molecule has 33 heavy (non-hydrogen) atoms. The van der Waals surface area contributed by atoms with Crippen LogP contribution in [-0.4, -0.2) is 43.8 Å². The summed E-state index contributed by atoms with van der Waals surface area (Å²) in [6.07, 6.45) is -1.05. The Hall–Kier alpha value is -3.61. The Kier molecular flexibility index (Phi) is 5.97. The smallest absolute Gasteiger partial charge is 0.338 e. The van der Waals surface area contributed by atoms with Crippen LogP contribution in [0.1, 0.15) is 25.6 Å². The van der Waals surface area contributed by atoms with Crippen LogP contribution in [0.25, 0.3) is 21.6 Å². The number of alkyl halides is 3. The summed E-state index contributed by atoms with van der Waals surface area (Å²) in [6, 6.07) is 6.81. The van der Waals surface area contributed by atoms with E-state index < -0.39 is 23.5 Å². The Morgan fingerprint density at radius 1 is 1.15 bits per heavy atom. The molecule has 0 aliphatic heterocycles. The number of aromatic nitrogens is 5. The van der Waals surface area contributed by atoms with E-state index in [1.165, 1.54) is 11.3 Å². The largest absolute Gasteiger partial charge is 0.402 e. The third-order valence-electron chi connectivity index (χ3n) is 4.78. The van der Waals surface area contributed by atoms with Gasteiger partial charge in [-0.05, 0) is 38.1 Å². The number of fused-ring (bicyclic) bond motifs is 1. The van der Waals surface area contributed by atoms with Crippen molar-refractivity contribution in [3.8, 4) is 11.3 Å². The summed E-state index contributed by atoms with van der Waals surface area (Å²) in [5.74, 6) is -0.461. The first-order valence-corrected chi connectivity index (χ1v) is 10.6. The quantitative estimate of drug-likeness (QED) is 0.424. The van der Waals surface area contributed by atoms with Crippen LogP contribution in [0.2, 0.25) is 0 Å². The standard InChI is InChI=1S/C20H18F3N7O2S/c1-19(2,20(21,22)23)16-28-14(30-32-16)7-9-25-17(31)29-18-27-13-6-5-12(26-15(13)33-18)11-4-3-8-24-10-11/h3-6,8,10H,7,9H2,1-2H3,(H2,25,27,29,31). The number of rotatable bonds is 6. The second-order valence-electron chi connectivity index (χ2n) is 7.55. The van der Waals surface area contributed by atoms with Gasteiger partial charge in [-0.15, -0.1) is 0 Å². The first kappa shape index (κ1) is 22.6. The number of hydrogen-bond donors (Lipinski definition) is 2. The average Bonchev–Trinajstić information content (AvgIpc) is 3.40. The van der Waals surface area contributed by atoms with Gasteiger partial charge < -0.3 is 9.84 Å². The van der Waals surface area contributed by atoms with E-state index in [0.29, 0.717) is 15.5 Å². The maximum absolute atomic E-state index is 13.1. The molecular weight excluding hydrogens is 459 g/mol. The summed E-state index contributed by atoms with van der Waals surface area (Å²) in [5, 5.41) is 9.11. The summed E-state index contributed by atoms with van der Waals surface area (Å²) in [7, 11) is 0. The molecule has 13 heteroatoms. The van der Waals surface area contributed by atoms with Crippen LogP contribution in [0, 0.1) is 0 Å². The number of urea groups is 1. The van der Waals surface area contributed by atoms with Gasteiger partial charge in [-0.2, -0.15) is 18.2 Å². The van der Waals surface area contributed by atoms with Crippen molar-refractivity contribution in [2.75, 3.05) is 11.9 Å². The fourth-order valence-corrected chi connectivity index (χ4v) is 3.54. The summed E-state index contributed by atoms with van der Waals surface area (Å²) >= 11 is 1.21. The molecule has 2 amide bonds. The van der Waals surface area contributed by atoms with Crippen molar-refractivity contribution >= 4 is 32.8 Å². The maximum atomic E-state index is 13.1. The van der Waals surface area contributed by atoms with E-state index >= 15 is 0 Å². The first-order chi connectivity index (χ1) is 15.6. The highest BCUT2D eigenvalue weighted by Crippen LogP contribution is 2.39. The lowest BCUT2D eigenvalue weighted by Crippen LogP contribution is -2.36. The first-order valence-electron chi connectivity index (χ1n) is 9.76. The van der Waals surface area contributed by atoms with Gasteiger partial charge in [0.2, 0.25) is 5.89 Å². The minimum absolute atomic E-state index is 0.0646. The van der Waals surface area contributed by atoms with Gasteiger partial charge in [0.1, 0.15) is 15.8 Å². The number of thiazole rings is 1. The van der Waals surface area contributed by atoms with Gasteiger partial charge in [0.05, 0.1) is 5.69 Å². The van der Waals surface area contributed by atoms with Crippen molar-refractivity contribution in [2.45, 2.75) is 31.9 Å². The molecule has 2 N–H and O–H groups in total. The molecule has 9 nitrogen and oxygen atoms in total. The van der Waals surface area contributed by atoms with E-state index in [4.69, 9.17) is 4.52 Å². The van der Waals surface area contributed by atoms with Gasteiger partial charge in [0.15, 0.2) is 11.0 Å². The Labute approximate surface area is 189 Å². The van der Waals surface area contributed by atoms with E-state index in [0.717, 1.165) is 25.1 Å². The van der Waals surface area contributed by atoms with Crippen molar-refractivity contribution in [3.63, 3.8) is 0 Å². The molecule has 0 bridgehead atoms. The van der Waals surface area contributed by atoms with Crippen LogP contribution in [0.4, 0.5) is 23.1 Å². The molecule has 4 rings (SSSR count). The average molecular weight is 477 g/mol. The molecule has 0 saturated carbocycles. The molecule has 4 aromatic heterocycles. The zero-order valence-electron chi connectivity index (χ0n) is 17.5. The van der Waals surface area contributed by atoms with Crippen molar-refractivity contribution in [2.24, 2.45) is 0 Å². The van der Waals surface area contributed by atoms with Crippen molar-refractivity contribution < 1.29 is 22.5 Å². The van der Waals surface area contributed by atoms with E-state index in [2.05, 4.69) is 35.7 Å². The van der Waals surface area contributed by atoms with Gasteiger partial charge in [-0.25, -0.2) is 14.8 Å². The van der Waals surface area contributed by atoms with E-state index in [9.17, 15) is 18.0 Å². The van der Waals surface area contributed by atoms with Crippen molar-refractivity contribution in [1.29, 1.82) is 0 Å². The Morgan fingerprint density at radius 2 is 1.97 bits per heavy atom. The van der Waals surface area contributed by atoms with Gasteiger partial charge >= 0.3 is 12.2 Å². The molecule has 0 fully saturated rings. The predicted octanol–water partition coefficient (Wildman–Crippen LogP) is 4.34. The minimum atomic E-state index is -4.53. The van der Waals surface area contributed by atoms with Crippen LogP contribution in [-0.2, 0) is 11.8 Å². The lowest BCUT2D eigenvalue weighted by Gasteiger charge is -2.22. The third kappa shape index (κ3) is 4.92. The van der Waals surface area contributed by atoms with Gasteiger partial charge in [-0.3, -0.25) is 10.3 Å². The van der Waals surface area contributed by atoms with E-state index in [-0.39, 0.29) is 18.8 Å². The number of nitrogens with one attached hydrogen (secondary N) is 2. The number of hydrogen-bond acceptors (Lipinski definition) is 8. The topological polar surface area (TPSA) is 119 Å². The fraction of sp³-hybridized carbons (Fsp3) is 0.300. The Balaban J connectivity index is 1.33. The lowest BCUT2D eigenvalue weighted by atomic mass is 9.93. The molecule has 0 atom stereocenters. The lowest BCUT2D eigenvalue weighted by molar-refractivity contribution is -0.186. The third-order valence-corrected chi connectivity index (χ3v) is 5.66. The summed E-state index contributed by atoms with van der Waals surface area (Å²) in [4.78, 5) is 29.6. The van der Waals surface area contributed by atoms with Crippen LogP contribution < -0.4 is 10.6 Å². The normalized spacial score (nSPS) is 12.2. The Bertz CT molecular complexity index is 1270. The summed E-state index contributed by atoms with van der Waals surface area (Å²) in [5.41, 5.74) is -0.0258. The molecule has 4 heterocycles. The molecule has 172 valence electrons. The number of halogens is 3. The highest BCUT2D eigenvalue weighted by molar-refractivity contribution is 7.21. The van der Waals surface area contributed by atoms with Gasteiger partial charge in [0, 0.05) is 30.9 Å². The fourth-order valence-electron chi connectivity index (χ4n) is 2.71. The second-order valence-corrected chi connectivity index (χ2v) is 8.53. The Morgan fingerprint density at radius 3 is 2.70 bits per heavy atom. The van der Waals surface area contributed by atoms with Gasteiger partial charge in [-0.1, -0.05) is 16.5 Å². The van der Waals surface area contributed by atoms with Crippen LogP contribution in [0.5, 0.6) is 0 Å². The molecule has 0 aliphatic carbocycles. The van der Waals surface area contributed by atoms with E-state index in [1.807, 2.05) is 18.2 Å². The second kappa shape index (κ2) is 8.73. The summed E-state index contributed by atoms with van der Waals surface area (Å²) < 4.78 is 44.0. The number of carbonyl (C=O) groups excluding carboxylic acids is 1. The SMILES string of the molecule is CC(C)(c1nc(CCNC(=O)Nc2nc3ccc(-c4cccnc4)nc3s2)no1)C(F)(F)F. The van der Waals surface area contributed by atoms with Crippen LogP contribution >= 0.6 is 11.3 Å². The highest BCUT2D eigenvalue weighted by atomic mass is 32.1. The highest BCUT2D eigenvalue weighted by Gasteiger charge is 2.52.